The maximum absolute atomic E-state index is 5.69. The van der Waals surface area contributed by atoms with Crippen molar-refractivity contribution in [1.29, 1.82) is 0 Å². The van der Waals surface area contributed by atoms with Crippen LogP contribution in [0.4, 0.5) is 11.4 Å². The van der Waals surface area contributed by atoms with Gasteiger partial charge in [-0.15, -0.1) is 0 Å². The van der Waals surface area contributed by atoms with Gasteiger partial charge in [-0.25, -0.2) is 0 Å². The first-order valence-electron chi connectivity index (χ1n) is 8.86. The van der Waals surface area contributed by atoms with Crippen molar-refractivity contribution >= 4 is 11.4 Å². The van der Waals surface area contributed by atoms with Crippen LogP contribution in [0.2, 0.25) is 0 Å². The van der Waals surface area contributed by atoms with Crippen LogP contribution in [-0.2, 0) is 27.2 Å². The van der Waals surface area contributed by atoms with Gasteiger partial charge in [0.05, 0.1) is 53.4 Å². The number of nitrogens with zero attached hydrogens (tertiary/aromatic N) is 8. The number of hydrogen-bond donors (Lipinski definition) is 2. The molecule has 0 saturated heterocycles. The van der Waals surface area contributed by atoms with E-state index in [0.717, 1.165) is 34.2 Å². The van der Waals surface area contributed by atoms with E-state index in [1.165, 1.54) is 0 Å². The van der Waals surface area contributed by atoms with Gasteiger partial charge in [0, 0.05) is 32.7 Å². The fourth-order valence-corrected chi connectivity index (χ4v) is 2.65. The molecule has 0 spiro atoms. The molecule has 10 heteroatoms. The van der Waals surface area contributed by atoms with E-state index in [2.05, 4.69) is 20.4 Å². The second-order valence-electron chi connectivity index (χ2n) is 6.67. The van der Waals surface area contributed by atoms with Gasteiger partial charge in [-0.1, -0.05) is 0 Å². The van der Waals surface area contributed by atoms with Crippen molar-refractivity contribution in [2.24, 2.45) is 14.1 Å². The molecule has 0 amide bonds. The minimum atomic E-state index is 0.666. The Morgan fingerprint density at radius 3 is 1.89 bits per heavy atom. The molecule has 0 bridgehead atoms. The molecule has 4 rings (SSSR count). The summed E-state index contributed by atoms with van der Waals surface area (Å²) in [6.07, 6.45) is 7.31. The number of nitrogen functional groups attached to an aromatic ring is 2. The van der Waals surface area contributed by atoms with E-state index in [1.54, 1.807) is 20.2 Å². The molecule has 4 N–H and O–H groups in total. The smallest absolute Gasteiger partial charge is 0.0853 e. The first-order chi connectivity index (χ1) is 13.3. The molecule has 148 valence electrons. The lowest BCUT2D eigenvalue weighted by atomic mass is 10.4. The van der Waals surface area contributed by atoms with Crippen LogP contribution in [0.1, 0.15) is 22.8 Å². The minimum absolute atomic E-state index is 0.666. The number of hydrogen-bond acceptors (Lipinski definition) is 6. The van der Waals surface area contributed by atoms with Crippen molar-refractivity contribution < 1.29 is 0 Å². The lowest BCUT2D eigenvalue weighted by Crippen LogP contribution is -2.05. The normalized spacial score (nSPS) is 10.7. The van der Waals surface area contributed by atoms with E-state index in [0.29, 0.717) is 13.1 Å². The summed E-state index contributed by atoms with van der Waals surface area (Å²) in [4.78, 5) is 0. The summed E-state index contributed by atoms with van der Waals surface area (Å²) in [6, 6.07) is 3.94. The van der Waals surface area contributed by atoms with Crippen LogP contribution in [0, 0.1) is 13.8 Å². The van der Waals surface area contributed by atoms with E-state index in [9.17, 15) is 0 Å². The van der Waals surface area contributed by atoms with Gasteiger partial charge in [0.25, 0.3) is 0 Å². The number of anilines is 2. The number of nitrogens with two attached hydrogens (primary N) is 2. The summed E-state index contributed by atoms with van der Waals surface area (Å²) < 4.78 is 7.19. The van der Waals surface area contributed by atoms with Crippen LogP contribution in [0.25, 0.3) is 0 Å². The van der Waals surface area contributed by atoms with Gasteiger partial charge in [0.15, 0.2) is 0 Å². The molecule has 0 unspecified atom stereocenters. The third-order valence-corrected chi connectivity index (χ3v) is 4.30. The van der Waals surface area contributed by atoms with Crippen LogP contribution in [-0.4, -0.2) is 39.1 Å². The van der Waals surface area contributed by atoms with Crippen LogP contribution < -0.4 is 11.5 Å². The number of aryl methyl sites for hydroxylation is 3. The second-order valence-corrected chi connectivity index (χ2v) is 6.67. The van der Waals surface area contributed by atoms with E-state index >= 15 is 0 Å². The molecule has 0 aliphatic rings. The van der Waals surface area contributed by atoms with Gasteiger partial charge in [0.1, 0.15) is 0 Å². The summed E-state index contributed by atoms with van der Waals surface area (Å²) in [5.41, 5.74) is 16.6. The topological polar surface area (TPSA) is 123 Å². The predicted octanol–water partition coefficient (Wildman–Crippen LogP) is 1.11. The number of aromatic nitrogens is 8. The Hall–Kier alpha value is -3.56. The zero-order chi connectivity index (χ0) is 20.3. The molecule has 0 aromatic carbocycles. The summed E-state index contributed by atoms with van der Waals surface area (Å²) in [5.74, 6) is 0. The lowest BCUT2D eigenvalue weighted by molar-refractivity contribution is 0.635. The Balaban J connectivity index is 0.000000161. The zero-order valence-electron chi connectivity index (χ0n) is 16.6. The van der Waals surface area contributed by atoms with Gasteiger partial charge in [0.2, 0.25) is 0 Å². The summed E-state index contributed by atoms with van der Waals surface area (Å²) >= 11 is 0. The van der Waals surface area contributed by atoms with E-state index in [1.807, 2.05) is 63.3 Å². The van der Waals surface area contributed by atoms with Crippen molar-refractivity contribution in [2.45, 2.75) is 26.9 Å². The van der Waals surface area contributed by atoms with Crippen LogP contribution in [0.3, 0.4) is 0 Å². The minimum Gasteiger partial charge on any atom is -0.396 e. The predicted molar refractivity (Wildman–Crippen MR) is 107 cm³/mol. The maximum atomic E-state index is 5.69. The summed E-state index contributed by atoms with van der Waals surface area (Å²) in [6.45, 7) is 5.18. The average molecular weight is 382 g/mol. The average Bonchev–Trinajstić information content (AvgIpc) is 3.38. The molecule has 4 aromatic heterocycles. The maximum Gasteiger partial charge on any atom is 0.0853 e. The molecule has 28 heavy (non-hydrogen) atoms. The van der Waals surface area contributed by atoms with E-state index in [-0.39, 0.29) is 0 Å². The van der Waals surface area contributed by atoms with Gasteiger partial charge < -0.3 is 11.5 Å². The van der Waals surface area contributed by atoms with Gasteiger partial charge in [-0.05, 0) is 26.0 Å². The molecule has 0 aliphatic carbocycles. The third-order valence-electron chi connectivity index (χ3n) is 4.30. The Labute approximate surface area is 163 Å². The highest BCUT2D eigenvalue weighted by Gasteiger charge is 2.05. The van der Waals surface area contributed by atoms with Crippen molar-refractivity contribution in [3.8, 4) is 0 Å². The SMILES string of the molecule is Cc1c(N)cnn1Cc1ccn(C)n1.Cc1nn(Cc2ccn(C)n2)cc1N. The Bertz CT molecular complexity index is 1030. The number of rotatable bonds is 4. The summed E-state index contributed by atoms with van der Waals surface area (Å²) in [7, 11) is 3.79. The van der Waals surface area contributed by atoms with Gasteiger partial charge >= 0.3 is 0 Å². The Morgan fingerprint density at radius 1 is 0.857 bits per heavy atom. The van der Waals surface area contributed by atoms with Crippen LogP contribution in [0.5, 0.6) is 0 Å². The molecule has 4 heterocycles. The second kappa shape index (κ2) is 7.99. The van der Waals surface area contributed by atoms with Crippen molar-refractivity contribution in [3.05, 3.63) is 59.7 Å². The highest BCUT2D eigenvalue weighted by molar-refractivity contribution is 5.40. The first kappa shape index (κ1) is 19.2. The first-order valence-corrected chi connectivity index (χ1v) is 8.86. The summed E-state index contributed by atoms with van der Waals surface area (Å²) in [5, 5.41) is 17.0. The highest BCUT2D eigenvalue weighted by Crippen LogP contribution is 2.10. The monoisotopic (exact) mass is 382 g/mol. The lowest BCUT2D eigenvalue weighted by Gasteiger charge is -2.01. The third kappa shape index (κ3) is 4.58. The highest BCUT2D eigenvalue weighted by atomic mass is 15.3. The molecule has 0 aliphatic heterocycles. The molecular weight excluding hydrogens is 356 g/mol. The standard InChI is InChI=1S/2C9H13N5/c1-7-9(10)5-11-14(7)6-8-3-4-13(2)12-8;1-7-9(10)6-14(11-7)5-8-3-4-13(2)12-8/h3-5H,6,10H2,1-2H3;3-4,6H,5,10H2,1-2H3. The Morgan fingerprint density at radius 2 is 1.46 bits per heavy atom. The van der Waals surface area contributed by atoms with E-state index < -0.39 is 0 Å². The molecule has 4 aromatic rings. The van der Waals surface area contributed by atoms with Crippen molar-refractivity contribution in [2.75, 3.05) is 11.5 Å². The quantitative estimate of drug-likeness (QED) is 0.545. The molecule has 10 nitrogen and oxygen atoms in total. The van der Waals surface area contributed by atoms with Gasteiger partial charge in [-0.3, -0.25) is 18.7 Å². The molecular formula is C18H26N10. The van der Waals surface area contributed by atoms with E-state index in [4.69, 9.17) is 11.5 Å². The Kier molecular flexibility index (Phi) is 5.48. The zero-order valence-corrected chi connectivity index (χ0v) is 16.6. The van der Waals surface area contributed by atoms with Crippen molar-refractivity contribution in [1.82, 2.24) is 39.1 Å². The molecule has 0 saturated carbocycles. The van der Waals surface area contributed by atoms with Crippen LogP contribution >= 0.6 is 0 Å². The van der Waals surface area contributed by atoms with Crippen LogP contribution in [0.15, 0.2) is 36.9 Å². The van der Waals surface area contributed by atoms with Crippen molar-refractivity contribution in [3.63, 3.8) is 0 Å². The van der Waals surface area contributed by atoms with Gasteiger partial charge in [-0.2, -0.15) is 20.4 Å². The fourth-order valence-electron chi connectivity index (χ4n) is 2.65. The molecule has 0 radical (unpaired) electrons. The molecule has 0 atom stereocenters. The molecule has 0 fully saturated rings. The fraction of sp³-hybridized carbons (Fsp3) is 0.333. The largest absolute Gasteiger partial charge is 0.396 e.